The second-order valence-electron chi connectivity index (χ2n) is 4.35. The number of H-pyrrole nitrogens is 1. The Kier molecular flexibility index (Phi) is 9.26. The highest BCUT2D eigenvalue weighted by Gasteiger charge is 2.06. The average molecular weight is 318 g/mol. The van der Waals surface area contributed by atoms with Crippen LogP contribution in [0.3, 0.4) is 0 Å². The maximum atomic E-state index is 9.33. The van der Waals surface area contributed by atoms with E-state index in [2.05, 4.69) is 44.5 Å². The van der Waals surface area contributed by atoms with Crippen molar-refractivity contribution >= 4 is 10.4 Å². The number of nitrogens with zero attached hydrogens (tertiary/aromatic N) is 3. The molecule has 2 aromatic rings. The molecule has 2 N–H and O–H groups in total. The Hall–Kier alpha value is -1.71. The largest absolute Gasteiger partial charge is 0.397 e. The summed E-state index contributed by atoms with van der Waals surface area (Å²) in [6.07, 6.45) is 10.8. The van der Waals surface area contributed by atoms with Gasteiger partial charge in [-0.2, -0.15) is 8.42 Å². The minimum absolute atomic E-state index is 0.558. The normalized spacial score (nSPS) is 11.9. The van der Waals surface area contributed by atoms with Crippen LogP contribution in [0.5, 0.6) is 0 Å². The molecule has 0 aliphatic rings. The first-order valence-electron chi connectivity index (χ1n) is 6.21. The van der Waals surface area contributed by atoms with Crippen LogP contribution in [-0.4, -0.2) is 39.6 Å². The first-order chi connectivity index (χ1) is 9.78. The lowest BCUT2D eigenvalue weighted by Crippen LogP contribution is -2.08. The Bertz CT molecular complexity index is 521. The van der Waals surface area contributed by atoms with Gasteiger partial charge < -0.3 is 9.55 Å². The van der Waals surface area contributed by atoms with E-state index < -0.39 is 10.4 Å². The zero-order valence-electron chi connectivity index (χ0n) is 12.5. The third-order valence-electron chi connectivity index (χ3n) is 2.58. The molecule has 0 saturated carbocycles. The van der Waals surface area contributed by atoms with Gasteiger partial charge in [0.25, 0.3) is 0 Å². The lowest BCUT2D eigenvalue weighted by Gasteiger charge is -2.16. The van der Waals surface area contributed by atoms with Gasteiger partial charge >= 0.3 is 10.4 Å². The molecule has 2 rings (SSSR count). The Morgan fingerprint density at radius 2 is 1.86 bits per heavy atom. The van der Waals surface area contributed by atoms with Crippen molar-refractivity contribution in [2.75, 3.05) is 7.11 Å². The Morgan fingerprint density at radius 3 is 2.10 bits per heavy atom. The Morgan fingerprint density at radius 1 is 1.24 bits per heavy atom. The van der Waals surface area contributed by atoms with Gasteiger partial charge in [0, 0.05) is 30.8 Å². The molecular weight excluding hydrogens is 296 g/mol. The van der Waals surface area contributed by atoms with Crippen molar-refractivity contribution < 1.29 is 17.2 Å². The monoisotopic (exact) mass is 318 g/mol. The molecule has 1 unspecified atom stereocenters. The first-order valence-corrected chi connectivity index (χ1v) is 7.57. The molecule has 0 bridgehead atoms. The molecule has 0 saturated heterocycles. The lowest BCUT2D eigenvalue weighted by atomic mass is 10.1. The fourth-order valence-electron chi connectivity index (χ4n) is 1.07. The van der Waals surface area contributed by atoms with Crippen LogP contribution in [-0.2, 0) is 14.6 Å². The standard InChI is InChI=1S/C8H14N2.C3H4N2.CH4O4S/c1-7(2)8(3)10-5-4-9-6-10;1-2-5-3-4-1;1-5-6(2,3)4/h4-8H,1-3H3;1-3H,(H,4,5);1H3,(H,2,3,4). The van der Waals surface area contributed by atoms with Gasteiger partial charge in [-0.15, -0.1) is 0 Å². The molecule has 1 atom stereocenters. The van der Waals surface area contributed by atoms with Gasteiger partial charge in [-0.1, -0.05) is 13.8 Å². The number of aromatic nitrogens is 4. The van der Waals surface area contributed by atoms with E-state index in [1.165, 1.54) is 0 Å². The molecule has 2 heterocycles. The first kappa shape index (κ1) is 19.3. The van der Waals surface area contributed by atoms with E-state index in [1.54, 1.807) is 18.7 Å². The molecular formula is C12H22N4O4S. The fourth-order valence-corrected chi connectivity index (χ4v) is 1.07. The molecule has 0 amide bonds. The predicted octanol–water partition coefficient (Wildman–Crippen LogP) is 1.95. The maximum absolute atomic E-state index is 9.33. The molecule has 120 valence electrons. The summed E-state index contributed by atoms with van der Waals surface area (Å²) in [5, 5.41) is 0. The van der Waals surface area contributed by atoms with E-state index >= 15 is 0 Å². The molecule has 0 aliphatic carbocycles. The second-order valence-corrected chi connectivity index (χ2v) is 5.54. The summed E-state index contributed by atoms with van der Waals surface area (Å²) in [7, 11) is -3.29. The van der Waals surface area contributed by atoms with Crippen molar-refractivity contribution in [2.24, 2.45) is 5.92 Å². The highest BCUT2D eigenvalue weighted by Crippen LogP contribution is 2.14. The number of hydrogen-bond acceptors (Lipinski definition) is 5. The van der Waals surface area contributed by atoms with Gasteiger partial charge in [-0.05, 0) is 12.8 Å². The van der Waals surface area contributed by atoms with Gasteiger partial charge in [-0.3, -0.25) is 8.74 Å². The van der Waals surface area contributed by atoms with Crippen LogP contribution in [0.15, 0.2) is 37.4 Å². The Labute approximate surface area is 125 Å². The zero-order valence-corrected chi connectivity index (χ0v) is 13.4. The van der Waals surface area contributed by atoms with Crippen LogP contribution >= 0.6 is 0 Å². The molecule has 0 spiro atoms. The quantitative estimate of drug-likeness (QED) is 0.837. The van der Waals surface area contributed by atoms with E-state index in [9.17, 15) is 8.42 Å². The van der Waals surface area contributed by atoms with Gasteiger partial charge in [-0.25, -0.2) is 9.97 Å². The second kappa shape index (κ2) is 10.1. The third kappa shape index (κ3) is 10.7. The predicted molar refractivity (Wildman–Crippen MR) is 78.9 cm³/mol. The lowest BCUT2D eigenvalue weighted by molar-refractivity contribution is 0.324. The summed E-state index contributed by atoms with van der Waals surface area (Å²) in [5.41, 5.74) is 0. The van der Waals surface area contributed by atoms with E-state index in [0.29, 0.717) is 12.0 Å². The highest BCUT2D eigenvalue weighted by atomic mass is 32.3. The van der Waals surface area contributed by atoms with Crippen LogP contribution in [0.4, 0.5) is 0 Å². The van der Waals surface area contributed by atoms with E-state index in [1.807, 2.05) is 18.7 Å². The van der Waals surface area contributed by atoms with Crippen molar-refractivity contribution in [1.29, 1.82) is 0 Å². The van der Waals surface area contributed by atoms with Gasteiger partial charge in [0.15, 0.2) is 0 Å². The minimum atomic E-state index is -4.16. The molecule has 0 aromatic carbocycles. The summed E-state index contributed by atoms with van der Waals surface area (Å²) in [6, 6.07) is 0.558. The smallest absolute Gasteiger partial charge is 0.351 e. The summed E-state index contributed by atoms with van der Waals surface area (Å²) in [5.74, 6) is 0.675. The zero-order chi connectivity index (χ0) is 16.3. The third-order valence-corrected chi connectivity index (χ3v) is 3.00. The molecule has 2 aromatic heterocycles. The molecule has 21 heavy (non-hydrogen) atoms. The van der Waals surface area contributed by atoms with Crippen molar-refractivity contribution in [3.63, 3.8) is 0 Å². The summed E-state index contributed by atoms with van der Waals surface area (Å²) >= 11 is 0. The van der Waals surface area contributed by atoms with Gasteiger partial charge in [0.05, 0.1) is 19.8 Å². The number of hydrogen-bond donors (Lipinski definition) is 2. The molecule has 0 fully saturated rings. The van der Waals surface area contributed by atoms with Crippen LogP contribution in [0.2, 0.25) is 0 Å². The van der Waals surface area contributed by atoms with Crippen molar-refractivity contribution in [3.8, 4) is 0 Å². The molecule has 0 radical (unpaired) electrons. The number of imidazole rings is 2. The van der Waals surface area contributed by atoms with Gasteiger partial charge in [0.1, 0.15) is 0 Å². The number of rotatable bonds is 3. The minimum Gasteiger partial charge on any atom is -0.351 e. The topological polar surface area (TPSA) is 110 Å². The Balaban J connectivity index is 0.000000311. The molecule has 8 nitrogen and oxygen atoms in total. The fraction of sp³-hybridized carbons (Fsp3) is 0.500. The van der Waals surface area contributed by atoms with Crippen LogP contribution in [0.1, 0.15) is 26.8 Å². The SMILES string of the molecule is CC(C)C(C)n1ccnc1.COS(=O)(=O)O.c1c[nH]cn1. The van der Waals surface area contributed by atoms with Crippen molar-refractivity contribution in [3.05, 3.63) is 37.4 Å². The summed E-state index contributed by atoms with van der Waals surface area (Å²) in [4.78, 5) is 10.4. The van der Waals surface area contributed by atoms with Crippen LogP contribution < -0.4 is 0 Å². The van der Waals surface area contributed by atoms with Crippen LogP contribution in [0.25, 0.3) is 0 Å². The molecule has 9 heteroatoms. The summed E-state index contributed by atoms with van der Waals surface area (Å²) in [6.45, 7) is 6.63. The summed E-state index contributed by atoms with van der Waals surface area (Å²) < 4.78 is 31.8. The van der Waals surface area contributed by atoms with Gasteiger partial charge in [0.2, 0.25) is 0 Å². The molecule has 0 aliphatic heterocycles. The van der Waals surface area contributed by atoms with E-state index in [4.69, 9.17) is 4.55 Å². The average Bonchev–Trinajstić information content (AvgIpc) is 3.13. The van der Waals surface area contributed by atoms with E-state index in [0.717, 1.165) is 7.11 Å². The van der Waals surface area contributed by atoms with E-state index in [-0.39, 0.29) is 0 Å². The number of nitrogens with one attached hydrogen (secondary N) is 1. The highest BCUT2D eigenvalue weighted by molar-refractivity contribution is 7.80. The van der Waals surface area contributed by atoms with Crippen molar-refractivity contribution in [1.82, 2.24) is 19.5 Å². The van der Waals surface area contributed by atoms with Crippen LogP contribution in [0, 0.1) is 5.92 Å². The van der Waals surface area contributed by atoms with Crippen molar-refractivity contribution in [2.45, 2.75) is 26.8 Å². The maximum Gasteiger partial charge on any atom is 0.397 e. The number of aromatic amines is 1.